The lowest BCUT2D eigenvalue weighted by Gasteiger charge is -2.43. The zero-order chi connectivity index (χ0) is 21.3. The van der Waals surface area contributed by atoms with Gasteiger partial charge < -0.3 is 14.5 Å². The minimum absolute atomic E-state index is 0.0671. The molecular formula is C25H36N2O3. The maximum atomic E-state index is 13.3. The number of methoxy groups -OCH3 is 1. The number of amides is 1. The highest BCUT2D eigenvalue weighted by Crippen LogP contribution is 2.42. The van der Waals surface area contributed by atoms with Crippen molar-refractivity contribution in [1.29, 1.82) is 0 Å². The van der Waals surface area contributed by atoms with Crippen LogP contribution in [0.15, 0.2) is 24.3 Å². The Hall–Kier alpha value is -1.88. The fourth-order valence-electron chi connectivity index (χ4n) is 5.89. The van der Waals surface area contributed by atoms with Gasteiger partial charge in [-0.15, -0.1) is 0 Å². The van der Waals surface area contributed by atoms with E-state index < -0.39 is 5.92 Å². The fraction of sp³-hybridized carbons (Fsp3) is 0.680. The molecular weight excluding hydrogens is 376 g/mol. The third-order valence-electron chi connectivity index (χ3n) is 7.77. The van der Waals surface area contributed by atoms with E-state index in [0.29, 0.717) is 0 Å². The van der Waals surface area contributed by atoms with Crippen LogP contribution in [0.2, 0.25) is 0 Å². The van der Waals surface area contributed by atoms with Crippen LogP contribution in [0.1, 0.15) is 70.3 Å². The van der Waals surface area contributed by atoms with Gasteiger partial charge >= 0.3 is 5.97 Å². The van der Waals surface area contributed by atoms with Crippen molar-refractivity contribution in [2.75, 3.05) is 25.1 Å². The Kier molecular flexibility index (Phi) is 6.47. The van der Waals surface area contributed by atoms with Gasteiger partial charge in [-0.25, -0.2) is 0 Å². The van der Waals surface area contributed by atoms with Crippen molar-refractivity contribution in [2.24, 2.45) is 11.8 Å². The predicted octanol–water partition coefficient (Wildman–Crippen LogP) is 4.36. The lowest BCUT2D eigenvalue weighted by molar-refractivity contribution is -0.142. The van der Waals surface area contributed by atoms with E-state index in [9.17, 15) is 9.59 Å². The van der Waals surface area contributed by atoms with E-state index in [4.69, 9.17) is 4.74 Å². The first kappa shape index (κ1) is 21.4. The lowest BCUT2D eigenvalue weighted by atomic mass is 9.79. The van der Waals surface area contributed by atoms with Gasteiger partial charge in [-0.3, -0.25) is 9.59 Å². The molecule has 0 spiro atoms. The van der Waals surface area contributed by atoms with Crippen molar-refractivity contribution in [3.8, 4) is 0 Å². The summed E-state index contributed by atoms with van der Waals surface area (Å²) >= 11 is 0. The summed E-state index contributed by atoms with van der Waals surface area (Å²) in [7, 11) is 1.38. The zero-order valence-corrected chi connectivity index (χ0v) is 18.7. The summed E-state index contributed by atoms with van der Waals surface area (Å²) in [6.07, 6.45) is 7.50. The first-order valence-corrected chi connectivity index (χ1v) is 11.7. The highest BCUT2D eigenvalue weighted by Gasteiger charge is 2.43. The van der Waals surface area contributed by atoms with E-state index in [1.165, 1.54) is 32.8 Å². The van der Waals surface area contributed by atoms with Gasteiger partial charge in [-0.05, 0) is 62.0 Å². The van der Waals surface area contributed by atoms with Crippen LogP contribution >= 0.6 is 0 Å². The molecule has 1 aromatic carbocycles. The maximum Gasteiger partial charge on any atom is 0.306 e. The van der Waals surface area contributed by atoms with E-state index in [1.807, 2.05) is 29.2 Å². The third-order valence-corrected chi connectivity index (χ3v) is 7.77. The van der Waals surface area contributed by atoms with Crippen molar-refractivity contribution in [2.45, 2.75) is 76.8 Å². The molecule has 4 rings (SSSR count). The summed E-state index contributed by atoms with van der Waals surface area (Å²) in [5.74, 6) is 1.03. The van der Waals surface area contributed by atoms with E-state index >= 15 is 0 Å². The molecule has 2 aliphatic heterocycles. The fourth-order valence-corrected chi connectivity index (χ4v) is 5.89. The Bertz CT molecular complexity index is 761. The molecule has 1 saturated heterocycles. The molecule has 0 aromatic heterocycles. The molecule has 0 bridgehead atoms. The number of hydrogen-bond acceptors (Lipinski definition) is 4. The number of carbonyl (C=O) groups is 2. The average Bonchev–Trinajstić information content (AvgIpc) is 3.05. The summed E-state index contributed by atoms with van der Waals surface area (Å²) in [5, 5.41) is 0. The molecule has 30 heavy (non-hydrogen) atoms. The number of piperidine rings is 1. The number of rotatable bonds is 5. The van der Waals surface area contributed by atoms with Crippen LogP contribution in [0.3, 0.4) is 0 Å². The van der Waals surface area contributed by atoms with Gasteiger partial charge in [-0.2, -0.15) is 0 Å². The number of benzene rings is 1. The monoisotopic (exact) mass is 412 g/mol. The van der Waals surface area contributed by atoms with Crippen LogP contribution in [0.4, 0.5) is 5.69 Å². The van der Waals surface area contributed by atoms with Crippen molar-refractivity contribution in [3.63, 3.8) is 0 Å². The Labute approximate surface area is 180 Å². The summed E-state index contributed by atoms with van der Waals surface area (Å²) in [4.78, 5) is 29.9. The topological polar surface area (TPSA) is 49.9 Å². The first-order chi connectivity index (χ1) is 14.5. The second-order valence-corrected chi connectivity index (χ2v) is 9.68. The Balaban J connectivity index is 1.40. The summed E-state index contributed by atoms with van der Waals surface area (Å²) in [5.41, 5.74) is 1.97. The molecule has 164 valence electrons. The number of anilines is 1. The van der Waals surface area contributed by atoms with Crippen LogP contribution < -0.4 is 4.90 Å². The summed E-state index contributed by atoms with van der Waals surface area (Å²) in [6.45, 7) is 6.84. The Morgan fingerprint density at radius 2 is 1.70 bits per heavy atom. The maximum absolute atomic E-state index is 13.3. The number of hydrogen-bond donors (Lipinski definition) is 0. The van der Waals surface area contributed by atoms with Gasteiger partial charge in [0.25, 0.3) is 0 Å². The number of nitrogens with zero attached hydrogens (tertiary/aromatic N) is 2. The largest absolute Gasteiger partial charge is 0.469 e. The van der Waals surface area contributed by atoms with Crippen molar-refractivity contribution in [3.05, 3.63) is 29.8 Å². The molecule has 3 aliphatic rings. The molecule has 0 radical (unpaired) electrons. The summed E-state index contributed by atoms with van der Waals surface area (Å²) in [6, 6.07) is 8.91. The second-order valence-electron chi connectivity index (χ2n) is 9.68. The zero-order valence-electron chi connectivity index (χ0n) is 18.7. The van der Waals surface area contributed by atoms with Gasteiger partial charge in [-0.1, -0.05) is 32.0 Å². The molecule has 5 nitrogen and oxygen atoms in total. The van der Waals surface area contributed by atoms with Crippen molar-refractivity contribution < 1.29 is 14.3 Å². The number of fused-ring (bicyclic) bond motifs is 1. The smallest absolute Gasteiger partial charge is 0.306 e. The van der Waals surface area contributed by atoms with Crippen LogP contribution in [0.5, 0.6) is 0 Å². The summed E-state index contributed by atoms with van der Waals surface area (Å²) < 4.78 is 4.84. The van der Waals surface area contributed by atoms with Gasteiger partial charge in [0.05, 0.1) is 19.4 Å². The van der Waals surface area contributed by atoms with Gasteiger partial charge in [0, 0.05) is 30.9 Å². The van der Waals surface area contributed by atoms with Gasteiger partial charge in [0.2, 0.25) is 5.91 Å². The average molecular weight is 413 g/mol. The minimum atomic E-state index is -0.405. The van der Waals surface area contributed by atoms with Crippen LogP contribution in [-0.4, -0.2) is 49.1 Å². The van der Waals surface area contributed by atoms with E-state index in [1.54, 1.807) is 0 Å². The molecule has 1 amide bonds. The van der Waals surface area contributed by atoms with Gasteiger partial charge in [0.15, 0.2) is 0 Å². The van der Waals surface area contributed by atoms with Crippen LogP contribution in [-0.2, 0) is 14.3 Å². The number of likely N-dealkylation sites (tertiary alicyclic amines) is 1. The SMILES string of the molecule is COC(=O)CC1C(=O)N(C2CCN([C@H]3CC[C@@H](C(C)C)CC3)CC2)c2ccccc21. The lowest BCUT2D eigenvalue weighted by Crippen LogP contribution is -2.50. The molecule has 2 heterocycles. The Morgan fingerprint density at radius 3 is 2.33 bits per heavy atom. The quantitative estimate of drug-likeness (QED) is 0.675. The standard InChI is InChI=1S/C25H36N2O3/c1-17(2)18-8-10-19(11-9-18)26-14-12-20(13-15-26)27-23-7-5-4-6-21(23)22(25(27)29)16-24(28)30-3/h4-7,17-20,22H,8-16H2,1-3H3/t18-,19+,22?. The number of esters is 1. The minimum Gasteiger partial charge on any atom is -0.469 e. The van der Waals surface area contributed by atoms with E-state index in [0.717, 1.165) is 55.1 Å². The molecule has 2 fully saturated rings. The van der Waals surface area contributed by atoms with Gasteiger partial charge in [0.1, 0.15) is 0 Å². The Morgan fingerprint density at radius 1 is 1.03 bits per heavy atom. The molecule has 1 unspecified atom stereocenters. The number of ether oxygens (including phenoxy) is 1. The number of para-hydroxylation sites is 1. The van der Waals surface area contributed by atoms with Crippen molar-refractivity contribution >= 4 is 17.6 Å². The third kappa shape index (κ3) is 4.14. The predicted molar refractivity (Wildman–Crippen MR) is 118 cm³/mol. The highest BCUT2D eigenvalue weighted by atomic mass is 16.5. The molecule has 1 aromatic rings. The van der Waals surface area contributed by atoms with Crippen LogP contribution in [0.25, 0.3) is 0 Å². The normalized spacial score (nSPS) is 28.1. The molecule has 1 saturated carbocycles. The van der Waals surface area contributed by atoms with E-state index in [-0.39, 0.29) is 24.3 Å². The molecule has 5 heteroatoms. The molecule has 1 atom stereocenters. The van der Waals surface area contributed by atoms with Crippen LogP contribution in [0, 0.1) is 11.8 Å². The first-order valence-electron chi connectivity index (χ1n) is 11.7. The highest BCUT2D eigenvalue weighted by molar-refractivity contribution is 6.06. The second kappa shape index (κ2) is 9.09. The number of carbonyl (C=O) groups excluding carboxylic acids is 2. The molecule has 1 aliphatic carbocycles. The van der Waals surface area contributed by atoms with E-state index in [2.05, 4.69) is 18.7 Å². The van der Waals surface area contributed by atoms with Crippen molar-refractivity contribution in [1.82, 2.24) is 4.90 Å². The molecule has 0 N–H and O–H groups in total.